The molecule has 0 bridgehead atoms. The standard InChI is InChI=1S/C20H43NO2/c1-3-4-5-6-7-8-9-10-11-12-13-14-15-16-17-21(2)18-20(23)19-22/h20,22-23H,3-19H2,1-2H3/t20-/m0/s1. The zero-order valence-electron chi connectivity index (χ0n) is 15.9. The van der Waals surface area contributed by atoms with Crippen LogP contribution in [-0.2, 0) is 0 Å². The highest BCUT2D eigenvalue weighted by molar-refractivity contribution is 4.60. The van der Waals surface area contributed by atoms with Crippen molar-refractivity contribution in [3.8, 4) is 0 Å². The molecule has 0 aromatic heterocycles. The lowest BCUT2D eigenvalue weighted by Crippen LogP contribution is -2.31. The number of likely N-dealkylation sites (N-methyl/N-ethyl adjacent to an activating group) is 1. The molecule has 0 saturated carbocycles. The first-order chi connectivity index (χ1) is 11.2. The van der Waals surface area contributed by atoms with E-state index in [1.807, 2.05) is 7.05 Å². The molecule has 0 aliphatic rings. The quantitative estimate of drug-likeness (QED) is 0.357. The number of aliphatic hydroxyl groups is 2. The van der Waals surface area contributed by atoms with Crippen molar-refractivity contribution in [1.82, 2.24) is 4.90 Å². The predicted octanol–water partition coefficient (Wildman–Crippen LogP) is 4.75. The van der Waals surface area contributed by atoms with Gasteiger partial charge in [0.1, 0.15) is 0 Å². The van der Waals surface area contributed by atoms with Gasteiger partial charge >= 0.3 is 0 Å². The van der Waals surface area contributed by atoms with Gasteiger partial charge in [-0.2, -0.15) is 0 Å². The SMILES string of the molecule is CCCCCCCCCCCCCCCCN(C)C[C@H](O)CO. The van der Waals surface area contributed by atoms with Crippen LogP contribution >= 0.6 is 0 Å². The summed E-state index contributed by atoms with van der Waals surface area (Å²) in [6.07, 6.45) is 18.8. The van der Waals surface area contributed by atoms with Crippen LogP contribution in [0.3, 0.4) is 0 Å². The summed E-state index contributed by atoms with van der Waals surface area (Å²) in [5.41, 5.74) is 0. The van der Waals surface area contributed by atoms with E-state index in [1.165, 1.54) is 89.9 Å². The van der Waals surface area contributed by atoms with E-state index in [1.54, 1.807) is 0 Å². The summed E-state index contributed by atoms with van der Waals surface area (Å²) in [6, 6.07) is 0. The molecule has 3 heteroatoms. The van der Waals surface area contributed by atoms with Crippen molar-refractivity contribution in [2.75, 3.05) is 26.7 Å². The zero-order valence-corrected chi connectivity index (χ0v) is 15.9. The molecule has 0 unspecified atom stereocenters. The van der Waals surface area contributed by atoms with Crippen molar-refractivity contribution in [3.05, 3.63) is 0 Å². The van der Waals surface area contributed by atoms with Gasteiger partial charge in [-0.1, -0.05) is 90.4 Å². The first kappa shape index (κ1) is 22.9. The molecule has 1 atom stereocenters. The smallest absolute Gasteiger partial charge is 0.0897 e. The maximum absolute atomic E-state index is 9.35. The molecule has 0 radical (unpaired) electrons. The van der Waals surface area contributed by atoms with Crippen molar-refractivity contribution in [2.24, 2.45) is 0 Å². The average molecular weight is 330 g/mol. The van der Waals surface area contributed by atoms with Gasteiger partial charge in [0.25, 0.3) is 0 Å². The summed E-state index contributed by atoms with van der Waals surface area (Å²) in [5.74, 6) is 0. The summed E-state index contributed by atoms with van der Waals surface area (Å²) in [6.45, 7) is 3.74. The number of nitrogens with zero attached hydrogens (tertiary/aromatic N) is 1. The fourth-order valence-electron chi connectivity index (χ4n) is 3.09. The summed E-state index contributed by atoms with van der Waals surface area (Å²) in [4.78, 5) is 2.11. The fourth-order valence-corrected chi connectivity index (χ4v) is 3.09. The third-order valence-corrected chi connectivity index (χ3v) is 4.63. The van der Waals surface area contributed by atoms with E-state index >= 15 is 0 Å². The van der Waals surface area contributed by atoms with Gasteiger partial charge in [0.05, 0.1) is 12.7 Å². The van der Waals surface area contributed by atoms with Crippen molar-refractivity contribution >= 4 is 0 Å². The molecular formula is C20H43NO2. The Balaban J connectivity index is 3.10. The Morgan fingerprint density at radius 2 is 1.09 bits per heavy atom. The molecule has 3 nitrogen and oxygen atoms in total. The van der Waals surface area contributed by atoms with Gasteiger partial charge in [-0.15, -0.1) is 0 Å². The number of hydrogen-bond acceptors (Lipinski definition) is 3. The zero-order chi connectivity index (χ0) is 17.2. The number of unbranched alkanes of at least 4 members (excludes halogenated alkanes) is 13. The third kappa shape index (κ3) is 18.1. The van der Waals surface area contributed by atoms with Crippen molar-refractivity contribution in [1.29, 1.82) is 0 Å². The lowest BCUT2D eigenvalue weighted by Gasteiger charge is -2.18. The number of rotatable bonds is 18. The average Bonchev–Trinajstić information content (AvgIpc) is 2.55. The Hall–Kier alpha value is -0.120. The largest absolute Gasteiger partial charge is 0.394 e. The second-order valence-corrected chi connectivity index (χ2v) is 7.19. The fraction of sp³-hybridized carbons (Fsp3) is 1.00. The van der Waals surface area contributed by atoms with Crippen LogP contribution in [-0.4, -0.2) is 48.0 Å². The van der Waals surface area contributed by atoms with Gasteiger partial charge in [0.15, 0.2) is 0 Å². The molecule has 0 rings (SSSR count). The number of hydrogen-bond donors (Lipinski definition) is 2. The molecular weight excluding hydrogens is 286 g/mol. The van der Waals surface area contributed by atoms with Crippen LogP contribution in [0.4, 0.5) is 0 Å². The summed E-state index contributed by atoms with van der Waals surface area (Å²) < 4.78 is 0. The van der Waals surface area contributed by atoms with Crippen LogP contribution in [0.1, 0.15) is 96.8 Å². The van der Waals surface area contributed by atoms with Crippen molar-refractivity contribution < 1.29 is 10.2 Å². The van der Waals surface area contributed by atoms with Gasteiger partial charge in [-0.25, -0.2) is 0 Å². The molecule has 0 aliphatic heterocycles. The molecule has 0 aromatic carbocycles. The molecule has 0 fully saturated rings. The van der Waals surface area contributed by atoms with Crippen LogP contribution in [0.5, 0.6) is 0 Å². The topological polar surface area (TPSA) is 43.7 Å². The minimum absolute atomic E-state index is 0.136. The Kier molecular flexibility index (Phi) is 18.1. The molecule has 0 aromatic rings. The molecule has 23 heavy (non-hydrogen) atoms. The highest BCUT2D eigenvalue weighted by atomic mass is 16.3. The summed E-state index contributed by atoms with van der Waals surface area (Å²) >= 11 is 0. The third-order valence-electron chi connectivity index (χ3n) is 4.63. The van der Waals surface area contributed by atoms with Crippen LogP contribution in [0, 0.1) is 0 Å². The van der Waals surface area contributed by atoms with Gasteiger partial charge in [0, 0.05) is 6.54 Å². The highest BCUT2D eigenvalue weighted by Gasteiger charge is 2.05. The van der Waals surface area contributed by atoms with E-state index in [4.69, 9.17) is 5.11 Å². The van der Waals surface area contributed by atoms with Crippen LogP contribution in [0.2, 0.25) is 0 Å². The van der Waals surface area contributed by atoms with Crippen LogP contribution in [0.25, 0.3) is 0 Å². The van der Waals surface area contributed by atoms with Gasteiger partial charge < -0.3 is 15.1 Å². The minimum atomic E-state index is -0.591. The van der Waals surface area contributed by atoms with E-state index in [2.05, 4.69) is 11.8 Å². The lowest BCUT2D eigenvalue weighted by atomic mass is 10.0. The second-order valence-electron chi connectivity index (χ2n) is 7.19. The Morgan fingerprint density at radius 1 is 0.696 bits per heavy atom. The monoisotopic (exact) mass is 329 g/mol. The van der Waals surface area contributed by atoms with E-state index in [9.17, 15) is 5.11 Å². The lowest BCUT2D eigenvalue weighted by molar-refractivity contribution is 0.0662. The molecule has 140 valence electrons. The first-order valence-electron chi connectivity index (χ1n) is 10.2. The predicted molar refractivity (Wildman–Crippen MR) is 101 cm³/mol. The minimum Gasteiger partial charge on any atom is -0.394 e. The summed E-state index contributed by atoms with van der Waals surface area (Å²) in [7, 11) is 2.02. The van der Waals surface area contributed by atoms with E-state index < -0.39 is 6.10 Å². The highest BCUT2D eigenvalue weighted by Crippen LogP contribution is 2.13. The molecule has 2 N–H and O–H groups in total. The van der Waals surface area contributed by atoms with E-state index in [0.717, 1.165) is 6.54 Å². The van der Waals surface area contributed by atoms with Crippen molar-refractivity contribution in [2.45, 2.75) is 103 Å². The second kappa shape index (κ2) is 18.2. The normalized spacial score (nSPS) is 12.9. The Bertz CT molecular complexity index is 224. The molecule has 0 amide bonds. The van der Waals surface area contributed by atoms with Gasteiger partial charge in [-0.05, 0) is 20.0 Å². The Labute approximate surface area is 145 Å². The Morgan fingerprint density at radius 3 is 1.48 bits per heavy atom. The molecule has 0 saturated heterocycles. The van der Waals surface area contributed by atoms with E-state index in [-0.39, 0.29) is 6.61 Å². The van der Waals surface area contributed by atoms with Crippen molar-refractivity contribution in [3.63, 3.8) is 0 Å². The van der Waals surface area contributed by atoms with Crippen LogP contribution < -0.4 is 0 Å². The van der Waals surface area contributed by atoms with E-state index in [0.29, 0.717) is 6.54 Å². The maximum Gasteiger partial charge on any atom is 0.0897 e. The van der Waals surface area contributed by atoms with Gasteiger partial charge in [-0.3, -0.25) is 0 Å². The molecule has 0 spiro atoms. The molecule has 0 aliphatic carbocycles. The van der Waals surface area contributed by atoms with Gasteiger partial charge in [0.2, 0.25) is 0 Å². The maximum atomic E-state index is 9.35. The first-order valence-corrected chi connectivity index (χ1v) is 10.2. The number of aliphatic hydroxyl groups excluding tert-OH is 2. The van der Waals surface area contributed by atoms with Crippen LogP contribution in [0.15, 0.2) is 0 Å². The molecule has 0 heterocycles. The summed E-state index contributed by atoms with van der Waals surface area (Å²) in [5, 5.41) is 18.2.